The summed E-state index contributed by atoms with van der Waals surface area (Å²) in [6.07, 6.45) is 9.16. The Morgan fingerprint density at radius 1 is 1.04 bits per heavy atom. The van der Waals surface area contributed by atoms with Crippen molar-refractivity contribution in [1.82, 2.24) is 14.8 Å². The highest BCUT2D eigenvalue weighted by atomic mass is 16.5. The van der Waals surface area contributed by atoms with Gasteiger partial charge in [-0.2, -0.15) is 5.10 Å². The van der Waals surface area contributed by atoms with Crippen molar-refractivity contribution in [2.75, 3.05) is 6.61 Å². The van der Waals surface area contributed by atoms with Crippen molar-refractivity contribution >= 4 is 0 Å². The largest absolute Gasteiger partial charge is 0.439 e. The van der Waals surface area contributed by atoms with Crippen molar-refractivity contribution in [3.8, 4) is 22.8 Å². The minimum atomic E-state index is 0.0673. The first-order valence-corrected chi connectivity index (χ1v) is 8.65. The van der Waals surface area contributed by atoms with Crippen molar-refractivity contribution < 1.29 is 9.47 Å². The van der Waals surface area contributed by atoms with Gasteiger partial charge in [0.25, 0.3) is 0 Å². The van der Waals surface area contributed by atoms with Crippen LogP contribution in [0.3, 0.4) is 0 Å². The molecule has 5 nitrogen and oxygen atoms in total. The second-order valence-electron chi connectivity index (χ2n) is 6.33. The Kier molecular flexibility index (Phi) is 4.48. The molecule has 3 aromatic rings. The van der Waals surface area contributed by atoms with Gasteiger partial charge in [-0.05, 0) is 49.4 Å². The molecule has 0 aliphatic carbocycles. The van der Waals surface area contributed by atoms with Gasteiger partial charge < -0.3 is 9.47 Å². The third-order valence-corrected chi connectivity index (χ3v) is 4.35. The highest BCUT2D eigenvalue weighted by Crippen LogP contribution is 2.27. The van der Waals surface area contributed by atoms with Crippen LogP contribution in [0.5, 0.6) is 11.6 Å². The molecule has 128 valence electrons. The van der Waals surface area contributed by atoms with Gasteiger partial charge in [0.05, 0.1) is 6.20 Å². The van der Waals surface area contributed by atoms with Crippen LogP contribution in [0.1, 0.15) is 31.1 Å². The second-order valence-corrected chi connectivity index (χ2v) is 6.33. The summed E-state index contributed by atoms with van der Waals surface area (Å²) >= 11 is 0. The summed E-state index contributed by atoms with van der Waals surface area (Å²) in [5, 5.41) is 4.47. The third kappa shape index (κ3) is 3.72. The zero-order valence-electron chi connectivity index (χ0n) is 14.3. The molecule has 1 unspecified atom stereocenters. The van der Waals surface area contributed by atoms with Crippen molar-refractivity contribution in [3.63, 3.8) is 0 Å². The Labute approximate surface area is 147 Å². The van der Waals surface area contributed by atoms with E-state index < -0.39 is 0 Å². The number of rotatable bonds is 4. The molecular weight excluding hydrogens is 314 g/mol. The first-order chi connectivity index (χ1) is 12.3. The molecule has 0 bridgehead atoms. The van der Waals surface area contributed by atoms with Gasteiger partial charge in [0.1, 0.15) is 12.0 Å². The molecular formula is C20H21N3O2. The number of hydrogen-bond donors (Lipinski definition) is 0. The fraction of sp³-hybridized carbons (Fsp3) is 0.300. The van der Waals surface area contributed by atoms with E-state index in [4.69, 9.17) is 9.47 Å². The van der Waals surface area contributed by atoms with Crippen molar-refractivity contribution in [2.24, 2.45) is 0 Å². The highest BCUT2D eigenvalue weighted by Gasteiger charge is 2.16. The van der Waals surface area contributed by atoms with E-state index >= 15 is 0 Å². The lowest BCUT2D eigenvalue weighted by molar-refractivity contribution is -0.0394. The first kappa shape index (κ1) is 15.8. The van der Waals surface area contributed by atoms with Crippen LogP contribution in [0.15, 0.2) is 55.0 Å². The van der Waals surface area contributed by atoms with Gasteiger partial charge in [-0.1, -0.05) is 18.2 Å². The van der Waals surface area contributed by atoms with Gasteiger partial charge in [-0.15, -0.1) is 0 Å². The summed E-state index contributed by atoms with van der Waals surface area (Å²) < 4.78 is 13.5. The summed E-state index contributed by atoms with van der Waals surface area (Å²) in [6, 6.07) is 11.8. The van der Waals surface area contributed by atoms with E-state index in [0.717, 1.165) is 41.9 Å². The number of aromatic nitrogens is 3. The summed E-state index contributed by atoms with van der Waals surface area (Å²) in [4.78, 5) is 4.26. The van der Waals surface area contributed by atoms with Crippen LogP contribution in [0.2, 0.25) is 0 Å². The minimum Gasteiger partial charge on any atom is -0.439 e. The standard InChI is InChI=1S/C20H21N3O2/c1-15-5-10-19(21-12-15)25-18-8-6-16(7-9-18)17-13-22-23(14-17)20-4-2-3-11-24-20/h5-10,12-14,20H,2-4,11H2,1H3. The fourth-order valence-electron chi connectivity index (χ4n) is 2.93. The Balaban J connectivity index is 1.46. The number of hydrogen-bond acceptors (Lipinski definition) is 4. The van der Waals surface area contributed by atoms with Gasteiger partial charge in [-0.25, -0.2) is 9.67 Å². The number of pyridine rings is 1. The maximum Gasteiger partial charge on any atom is 0.219 e. The normalized spacial score (nSPS) is 17.4. The number of aryl methyl sites for hydroxylation is 1. The smallest absolute Gasteiger partial charge is 0.219 e. The number of ether oxygens (including phenoxy) is 2. The lowest BCUT2D eigenvalue weighted by atomic mass is 10.1. The lowest BCUT2D eigenvalue weighted by Gasteiger charge is -2.22. The van der Waals surface area contributed by atoms with Crippen LogP contribution in [0, 0.1) is 6.92 Å². The number of benzene rings is 1. The molecule has 4 rings (SSSR count). The average molecular weight is 335 g/mol. The summed E-state index contributed by atoms with van der Waals surface area (Å²) in [7, 11) is 0. The quantitative estimate of drug-likeness (QED) is 0.690. The van der Waals surface area contributed by atoms with Gasteiger partial charge in [0.2, 0.25) is 5.88 Å². The third-order valence-electron chi connectivity index (χ3n) is 4.35. The molecule has 0 radical (unpaired) electrons. The van der Waals surface area contributed by atoms with Gasteiger partial charge in [0, 0.05) is 30.6 Å². The van der Waals surface area contributed by atoms with Crippen LogP contribution >= 0.6 is 0 Å². The molecule has 1 aromatic carbocycles. The van der Waals surface area contributed by atoms with Crippen LogP contribution in [0.4, 0.5) is 0 Å². The zero-order chi connectivity index (χ0) is 17.1. The summed E-state index contributed by atoms with van der Waals surface area (Å²) in [6.45, 7) is 2.82. The molecule has 0 saturated carbocycles. The second kappa shape index (κ2) is 7.07. The van der Waals surface area contributed by atoms with E-state index in [0.29, 0.717) is 5.88 Å². The maximum absolute atomic E-state index is 5.78. The molecule has 1 fully saturated rings. The predicted octanol–water partition coefficient (Wildman–Crippen LogP) is 4.74. The average Bonchev–Trinajstić information content (AvgIpc) is 3.15. The molecule has 1 aliphatic rings. The molecule has 1 atom stereocenters. The van der Waals surface area contributed by atoms with E-state index in [1.807, 2.05) is 60.4 Å². The monoisotopic (exact) mass is 335 g/mol. The van der Waals surface area contributed by atoms with Crippen LogP contribution in [0.25, 0.3) is 11.1 Å². The molecule has 0 spiro atoms. The van der Waals surface area contributed by atoms with Gasteiger partial charge in [-0.3, -0.25) is 0 Å². The van der Waals surface area contributed by atoms with Gasteiger partial charge in [0.15, 0.2) is 0 Å². The van der Waals surface area contributed by atoms with Crippen LogP contribution < -0.4 is 4.74 Å². The molecule has 3 heterocycles. The van der Waals surface area contributed by atoms with E-state index in [-0.39, 0.29) is 6.23 Å². The van der Waals surface area contributed by atoms with E-state index in [9.17, 15) is 0 Å². The van der Waals surface area contributed by atoms with Crippen molar-refractivity contribution in [3.05, 3.63) is 60.6 Å². The zero-order valence-corrected chi connectivity index (χ0v) is 14.3. The fourth-order valence-corrected chi connectivity index (χ4v) is 2.93. The van der Waals surface area contributed by atoms with Crippen molar-refractivity contribution in [1.29, 1.82) is 0 Å². The minimum absolute atomic E-state index is 0.0673. The topological polar surface area (TPSA) is 49.2 Å². The first-order valence-electron chi connectivity index (χ1n) is 8.65. The van der Waals surface area contributed by atoms with Crippen LogP contribution in [-0.2, 0) is 4.74 Å². The van der Waals surface area contributed by atoms with Crippen LogP contribution in [-0.4, -0.2) is 21.4 Å². The van der Waals surface area contributed by atoms with E-state index in [1.54, 1.807) is 6.20 Å². The highest BCUT2D eigenvalue weighted by molar-refractivity contribution is 5.62. The summed E-state index contributed by atoms with van der Waals surface area (Å²) in [5.74, 6) is 1.36. The molecule has 1 saturated heterocycles. The van der Waals surface area contributed by atoms with E-state index in [1.165, 1.54) is 6.42 Å². The molecule has 0 N–H and O–H groups in total. The maximum atomic E-state index is 5.78. The lowest BCUT2D eigenvalue weighted by Crippen LogP contribution is -2.18. The molecule has 25 heavy (non-hydrogen) atoms. The Hall–Kier alpha value is -2.66. The molecule has 1 aliphatic heterocycles. The Bertz CT molecular complexity index is 819. The van der Waals surface area contributed by atoms with Gasteiger partial charge >= 0.3 is 0 Å². The number of nitrogens with zero attached hydrogens (tertiary/aromatic N) is 3. The van der Waals surface area contributed by atoms with E-state index in [2.05, 4.69) is 10.1 Å². The molecule has 0 amide bonds. The Morgan fingerprint density at radius 3 is 2.64 bits per heavy atom. The van der Waals surface area contributed by atoms with Crippen molar-refractivity contribution in [2.45, 2.75) is 32.4 Å². The SMILES string of the molecule is Cc1ccc(Oc2ccc(-c3cnn(C4CCCCO4)c3)cc2)nc1. The summed E-state index contributed by atoms with van der Waals surface area (Å²) in [5.41, 5.74) is 3.29. The predicted molar refractivity (Wildman–Crippen MR) is 95.6 cm³/mol. The molecule has 5 heteroatoms. The Morgan fingerprint density at radius 2 is 1.92 bits per heavy atom. The molecule has 2 aromatic heterocycles.